The lowest BCUT2D eigenvalue weighted by Gasteiger charge is -2.40. The van der Waals surface area contributed by atoms with Crippen LogP contribution in [0.1, 0.15) is 51.5 Å². The fourth-order valence-corrected chi connectivity index (χ4v) is 5.76. The van der Waals surface area contributed by atoms with E-state index < -0.39 is 21.2 Å². The van der Waals surface area contributed by atoms with E-state index in [1.165, 1.54) is 0 Å². The fourth-order valence-electron chi connectivity index (χ4n) is 4.30. The molecule has 0 radical (unpaired) electrons. The highest BCUT2D eigenvalue weighted by Gasteiger charge is 2.46. The number of carboxylic acid groups (broad SMARTS) is 1. The number of hydrogen-bond donors (Lipinski definition) is 2. The molecule has 2 fully saturated rings. The van der Waals surface area contributed by atoms with Gasteiger partial charge in [0.2, 0.25) is 0 Å². The molecule has 1 saturated heterocycles. The Kier molecular flexibility index (Phi) is 5.43. The molecule has 6 nitrogen and oxygen atoms in total. The highest BCUT2D eigenvalue weighted by molar-refractivity contribution is 7.91. The minimum atomic E-state index is -2.92. The lowest BCUT2D eigenvalue weighted by molar-refractivity contribution is -0.147. The van der Waals surface area contributed by atoms with Crippen LogP contribution in [0.5, 0.6) is 0 Å². The van der Waals surface area contributed by atoms with E-state index in [9.17, 15) is 18.3 Å². The topological polar surface area (TPSA) is 101 Å². The van der Waals surface area contributed by atoms with E-state index in [1.807, 2.05) is 18.2 Å². The Balaban J connectivity index is 1.90. The van der Waals surface area contributed by atoms with Crippen LogP contribution in [-0.4, -0.2) is 43.6 Å². The average molecular weight is 395 g/mol. The summed E-state index contributed by atoms with van der Waals surface area (Å²) in [5.41, 5.74) is 7.82. The zero-order valence-electron chi connectivity index (χ0n) is 16.1. The molecule has 0 bridgehead atoms. The van der Waals surface area contributed by atoms with Crippen molar-refractivity contribution in [3.63, 3.8) is 0 Å². The van der Waals surface area contributed by atoms with E-state index >= 15 is 0 Å². The van der Waals surface area contributed by atoms with Crippen LogP contribution in [0.3, 0.4) is 0 Å². The molecule has 1 aromatic carbocycles. The molecule has 27 heavy (non-hydrogen) atoms. The summed E-state index contributed by atoms with van der Waals surface area (Å²) >= 11 is 0. The van der Waals surface area contributed by atoms with Gasteiger partial charge in [-0.3, -0.25) is 4.79 Å². The van der Waals surface area contributed by atoms with Crippen LogP contribution in [0.4, 0.5) is 11.4 Å². The largest absolute Gasteiger partial charge is 0.481 e. The van der Waals surface area contributed by atoms with Crippen LogP contribution in [0, 0.1) is 5.92 Å². The summed E-state index contributed by atoms with van der Waals surface area (Å²) in [5, 5.41) is 9.67. The van der Waals surface area contributed by atoms with Crippen molar-refractivity contribution in [3.8, 4) is 0 Å². The van der Waals surface area contributed by atoms with Crippen molar-refractivity contribution in [2.24, 2.45) is 5.92 Å². The maximum Gasteiger partial charge on any atom is 0.314 e. The highest BCUT2D eigenvalue weighted by Crippen LogP contribution is 2.45. The SMILES string of the molecule is CC(C)CN(c1ccc(C2(C(=O)O)CCC2)cc1N)C1CCS(=O)(=O)CC1. The Hall–Kier alpha value is -1.76. The van der Waals surface area contributed by atoms with Gasteiger partial charge in [-0.1, -0.05) is 26.3 Å². The summed E-state index contributed by atoms with van der Waals surface area (Å²) in [5.74, 6) is 0.0516. The zero-order chi connectivity index (χ0) is 19.8. The lowest BCUT2D eigenvalue weighted by Crippen LogP contribution is -2.44. The second kappa shape index (κ2) is 7.34. The van der Waals surface area contributed by atoms with Gasteiger partial charge < -0.3 is 15.7 Å². The molecule has 1 aliphatic carbocycles. The molecule has 7 heteroatoms. The van der Waals surface area contributed by atoms with Crippen LogP contribution < -0.4 is 10.6 Å². The lowest BCUT2D eigenvalue weighted by atomic mass is 9.64. The van der Waals surface area contributed by atoms with Crippen molar-refractivity contribution < 1.29 is 18.3 Å². The number of rotatable bonds is 6. The van der Waals surface area contributed by atoms with Gasteiger partial charge in [-0.15, -0.1) is 0 Å². The molecule has 0 unspecified atom stereocenters. The molecule has 150 valence electrons. The molecule has 0 amide bonds. The maximum absolute atomic E-state index is 11.8. The van der Waals surface area contributed by atoms with Gasteiger partial charge in [0.1, 0.15) is 9.84 Å². The summed E-state index contributed by atoms with van der Waals surface area (Å²) in [7, 11) is -2.92. The summed E-state index contributed by atoms with van der Waals surface area (Å²) in [4.78, 5) is 14.0. The van der Waals surface area contributed by atoms with E-state index in [1.54, 1.807) is 0 Å². The van der Waals surface area contributed by atoms with Gasteiger partial charge >= 0.3 is 5.97 Å². The number of anilines is 2. The van der Waals surface area contributed by atoms with Gasteiger partial charge in [0, 0.05) is 12.6 Å². The molecule has 1 aliphatic heterocycles. The monoisotopic (exact) mass is 394 g/mol. The van der Waals surface area contributed by atoms with Gasteiger partial charge in [-0.2, -0.15) is 0 Å². The Morgan fingerprint density at radius 2 is 1.93 bits per heavy atom. The van der Waals surface area contributed by atoms with Gasteiger partial charge in [0.25, 0.3) is 0 Å². The summed E-state index contributed by atoms with van der Waals surface area (Å²) < 4.78 is 23.6. The van der Waals surface area contributed by atoms with Crippen LogP contribution in [0.25, 0.3) is 0 Å². The van der Waals surface area contributed by atoms with Crippen molar-refractivity contribution in [2.45, 2.75) is 57.4 Å². The number of nitrogen functional groups attached to an aromatic ring is 1. The predicted octanol–water partition coefficient (Wildman–Crippen LogP) is 2.81. The summed E-state index contributed by atoms with van der Waals surface area (Å²) in [6.45, 7) is 5.05. The van der Waals surface area contributed by atoms with Crippen molar-refractivity contribution in [1.82, 2.24) is 0 Å². The minimum absolute atomic E-state index is 0.140. The van der Waals surface area contributed by atoms with E-state index in [0.717, 1.165) is 24.2 Å². The number of hydrogen-bond acceptors (Lipinski definition) is 5. The van der Waals surface area contributed by atoms with Crippen molar-refractivity contribution in [1.29, 1.82) is 0 Å². The molecule has 1 heterocycles. The average Bonchev–Trinajstić information content (AvgIpc) is 2.52. The van der Waals surface area contributed by atoms with Crippen molar-refractivity contribution in [2.75, 3.05) is 28.7 Å². The Morgan fingerprint density at radius 1 is 1.30 bits per heavy atom. The molecule has 1 aromatic rings. The first-order chi connectivity index (χ1) is 12.6. The highest BCUT2D eigenvalue weighted by atomic mass is 32.2. The van der Waals surface area contributed by atoms with Gasteiger partial charge in [-0.25, -0.2) is 8.42 Å². The number of aliphatic carboxylic acids is 1. The Labute approximate surface area is 161 Å². The van der Waals surface area contributed by atoms with Crippen LogP contribution in [0.2, 0.25) is 0 Å². The van der Waals surface area contributed by atoms with Gasteiger partial charge in [0.05, 0.1) is 28.3 Å². The quantitative estimate of drug-likeness (QED) is 0.720. The third kappa shape index (κ3) is 3.93. The smallest absolute Gasteiger partial charge is 0.314 e. The van der Waals surface area contributed by atoms with Gasteiger partial charge in [-0.05, 0) is 49.3 Å². The molecule has 3 rings (SSSR count). The number of carboxylic acids is 1. The molecule has 0 aromatic heterocycles. The molecule has 1 saturated carbocycles. The third-order valence-corrected chi connectivity index (χ3v) is 7.75. The van der Waals surface area contributed by atoms with E-state index in [2.05, 4.69) is 18.7 Å². The van der Waals surface area contributed by atoms with Gasteiger partial charge in [0.15, 0.2) is 0 Å². The number of sulfone groups is 1. The standard InChI is InChI=1S/C20H30N2O4S/c1-14(2)13-22(16-6-10-27(25,26)11-7-16)18-5-4-15(12-17(18)21)20(19(23)24)8-3-9-20/h4-5,12,14,16H,3,6-11,13,21H2,1-2H3,(H,23,24). The van der Waals surface area contributed by atoms with Crippen LogP contribution >= 0.6 is 0 Å². The summed E-state index contributed by atoms with van der Waals surface area (Å²) in [6, 6.07) is 5.78. The van der Waals surface area contributed by atoms with Crippen LogP contribution in [-0.2, 0) is 20.0 Å². The zero-order valence-corrected chi connectivity index (χ0v) is 17.0. The first-order valence-electron chi connectivity index (χ1n) is 9.75. The first kappa shape index (κ1) is 20.0. The second-order valence-electron chi connectivity index (χ2n) is 8.44. The Morgan fingerprint density at radius 3 is 2.37 bits per heavy atom. The fraction of sp³-hybridized carbons (Fsp3) is 0.650. The molecule has 3 N–H and O–H groups in total. The maximum atomic E-state index is 11.8. The van der Waals surface area contributed by atoms with Crippen molar-refractivity contribution in [3.05, 3.63) is 23.8 Å². The van der Waals surface area contributed by atoms with E-state index in [0.29, 0.717) is 37.3 Å². The molecule has 0 spiro atoms. The predicted molar refractivity (Wildman–Crippen MR) is 108 cm³/mol. The number of benzene rings is 1. The number of nitrogens with two attached hydrogens (primary N) is 1. The van der Waals surface area contributed by atoms with Crippen molar-refractivity contribution >= 4 is 27.2 Å². The second-order valence-corrected chi connectivity index (χ2v) is 10.7. The molecular weight excluding hydrogens is 364 g/mol. The number of nitrogens with zero attached hydrogens (tertiary/aromatic N) is 1. The third-order valence-electron chi connectivity index (χ3n) is 6.03. The first-order valence-corrected chi connectivity index (χ1v) is 11.6. The molecule has 0 atom stereocenters. The van der Waals surface area contributed by atoms with Crippen LogP contribution in [0.15, 0.2) is 18.2 Å². The normalized spacial score (nSPS) is 21.6. The minimum Gasteiger partial charge on any atom is -0.481 e. The molecule has 2 aliphatic rings. The molecular formula is C20H30N2O4S. The number of carbonyl (C=O) groups is 1. The van der Waals surface area contributed by atoms with E-state index in [4.69, 9.17) is 5.73 Å². The Bertz CT molecular complexity index is 801. The van der Waals surface area contributed by atoms with E-state index in [-0.39, 0.29) is 17.5 Å². The summed E-state index contributed by atoms with van der Waals surface area (Å²) in [6.07, 6.45) is 3.43.